The van der Waals surface area contributed by atoms with Crippen LogP contribution in [-0.2, 0) is 17.7 Å². The van der Waals surface area contributed by atoms with Gasteiger partial charge in [-0.05, 0) is 55.7 Å². The minimum atomic E-state index is -0.0427. The van der Waals surface area contributed by atoms with Crippen molar-refractivity contribution in [2.45, 2.75) is 38.8 Å². The largest absolute Gasteiger partial charge is 0.493 e. The van der Waals surface area contributed by atoms with E-state index in [-0.39, 0.29) is 12.0 Å². The number of ether oxygens (including phenoxy) is 3. The van der Waals surface area contributed by atoms with Gasteiger partial charge in [0.1, 0.15) is 0 Å². The van der Waals surface area contributed by atoms with Gasteiger partial charge >= 0.3 is 0 Å². The quantitative estimate of drug-likeness (QED) is 0.259. The van der Waals surface area contributed by atoms with Crippen molar-refractivity contribution in [2.24, 2.45) is 0 Å². The van der Waals surface area contributed by atoms with E-state index in [4.69, 9.17) is 19.3 Å². The van der Waals surface area contributed by atoms with Crippen LogP contribution < -0.4 is 9.47 Å². The molecule has 3 aromatic carbocycles. The van der Waals surface area contributed by atoms with E-state index in [2.05, 4.69) is 6.92 Å². The molecule has 7 nitrogen and oxygen atoms in total. The van der Waals surface area contributed by atoms with Crippen molar-refractivity contribution in [3.63, 3.8) is 0 Å². The second-order valence-electron chi connectivity index (χ2n) is 9.27. The van der Waals surface area contributed by atoms with E-state index in [1.807, 2.05) is 94.5 Å². The molecular formula is C31H33N3O4. The molecule has 196 valence electrons. The average Bonchev–Trinajstić information content (AvgIpc) is 3.61. The number of rotatable bonds is 10. The van der Waals surface area contributed by atoms with E-state index in [0.29, 0.717) is 42.5 Å². The van der Waals surface area contributed by atoms with Crippen molar-refractivity contribution in [3.8, 4) is 23.1 Å². The molecule has 0 saturated carbocycles. The smallest absolute Gasteiger partial charge is 0.254 e. The van der Waals surface area contributed by atoms with Crippen LogP contribution in [0.15, 0.2) is 84.9 Å². The third-order valence-electron chi connectivity index (χ3n) is 6.74. The maximum Gasteiger partial charge on any atom is 0.254 e. The van der Waals surface area contributed by atoms with Crippen molar-refractivity contribution in [3.05, 3.63) is 102 Å². The molecule has 1 fully saturated rings. The minimum absolute atomic E-state index is 0.00972. The molecule has 1 saturated heterocycles. The van der Waals surface area contributed by atoms with Gasteiger partial charge in [0.05, 0.1) is 36.7 Å². The zero-order valence-corrected chi connectivity index (χ0v) is 21.9. The molecule has 0 N–H and O–H groups in total. The standard InChI is InChI=1S/C31H33N3O4/c1-3-27-26(22-33(21-25-17-12-20-37-25)30(35)23-13-6-4-7-14-23)31(34(32-27)24-15-8-5-9-16-24)38-29-19-11-10-18-28(29)36-2/h4-11,13-16,18-19,25H,3,12,17,20-22H2,1-2H3/t25-/m1/s1. The van der Waals surface area contributed by atoms with Crippen molar-refractivity contribution in [2.75, 3.05) is 20.3 Å². The Morgan fingerprint density at radius 3 is 2.34 bits per heavy atom. The van der Waals surface area contributed by atoms with E-state index in [0.717, 1.165) is 36.4 Å². The summed E-state index contributed by atoms with van der Waals surface area (Å²) in [5.74, 6) is 1.72. The molecule has 0 radical (unpaired) electrons. The third kappa shape index (κ3) is 5.58. The highest BCUT2D eigenvalue weighted by Crippen LogP contribution is 2.36. The number of methoxy groups -OCH3 is 1. The van der Waals surface area contributed by atoms with Gasteiger partial charge in [0, 0.05) is 18.7 Å². The maximum absolute atomic E-state index is 13.8. The topological polar surface area (TPSA) is 65.8 Å². The summed E-state index contributed by atoms with van der Waals surface area (Å²) in [7, 11) is 1.62. The lowest BCUT2D eigenvalue weighted by molar-refractivity contribution is 0.0505. The molecule has 38 heavy (non-hydrogen) atoms. The molecule has 1 aromatic heterocycles. The SMILES string of the molecule is CCc1nn(-c2ccccc2)c(Oc2ccccc2OC)c1CN(C[C@H]1CCCO1)C(=O)c1ccccc1. The summed E-state index contributed by atoms with van der Waals surface area (Å²) >= 11 is 0. The first-order valence-electron chi connectivity index (χ1n) is 13.1. The number of hydrogen-bond acceptors (Lipinski definition) is 5. The predicted octanol–water partition coefficient (Wildman–Crippen LogP) is 6.06. The second-order valence-corrected chi connectivity index (χ2v) is 9.27. The van der Waals surface area contributed by atoms with Crippen LogP contribution in [0, 0.1) is 0 Å². The molecular weight excluding hydrogens is 478 g/mol. The van der Waals surface area contributed by atoms with Crippen molar-refractivity contribution >= 4 is 5.91 Å². The third-order valence-corrected chi connectivity index (χ3v) is 6.74. The van der Waals surface area contributed by atoms with Crippen LogP contribution >= 0.6 is 0 Å². The average molecular weight is 512 g/mol. The fourth-order valence-electron chi connectivity index (χ4n) is 4.78. The lowest BCUT2D eigenvalue weighted by Gasteiger charge is -2.26. The molecule has 1 aliphatic heterocycles. The van der Waals surface area contributed by atoms with Gasteiger partial charge in [-0.25, -0.2) is 4.68 Å². The second kappa shape index (κ2) is 12.0. The first-order valence-corrected chi connectivity index (χ1v) is 13.1. The molecule has 1 amide bonds. The normalized spacial score (nSPS) is 14.8. The summed E-state index contributed by atoms with van der Waals surface area (Å²) in [5.41, 5.74) is 3.26. The highest BCUT2D eigenvalue weighted by atomic mass is 16.5. The van der Waals surface area contributed by atoms with Crippen molar-refractivity contribution in [1.29, 1.82) is 0 Å². The maximum atomic E-state index is 13.8. The van der Waals surface area contributed by atoms with Gasteiger partial charge in [0.15, 0.2) is 11.5 Å². The number of carbonyl (C=O) groups is 1. The summed E-state index contributed by atoms with van der Waals surface area (Å²) in [6.45, 7) is 3.64. The predicted molar refractivity (Wildman–Crippen MR) is 146 cm³/mol. The summed E-state index contributed by atoms with van der Waals surface area (Å²) in [6.07, 6.45) is 2.64. The molecule has 7 heteroatoms. The highest BCUT2D eigenvalue weighted by molar-refractivity contribution is 5.94. The minimum Gasteiger partial charge on any atom is -0.493 e. The van der Waals surface area contributed by atoms with Crippen LogP contribution in [0.1, 0.15) is 41.4 Å². The zero-order valence-electron chi connectivity index (χ0n) is 21.9. The number of aromatic nitrogens is 2. The molecule has 0 aliphatic carbocycles. The van der Waals surface area contributed by atoms with Crippen LogP contribution in [0.5, 0.6) is 17.4 Å². The molecule has 0 bridgehead atoms. The lowest BCUT2D eigenvalue weighted by atomic mass is 10.1. The number of benzene rings is 3. The molecule has 2 heterocycles. The van der Waals surface area contributed by atoms with Crippen LogP contribution in [0.4, 0.5) is 0 Å². The van der Waals surface area contributed by atoms with E-state index in [1.165, 1.54) is 0 Å². The first kappa shape index (κ1) is 25.5. The Morgan fingerprint density at radius 1 is 1.00 bits per heavy atom. The molecule has 4 aromatic rings. The van der Waals surface area contributed by atoms with Gasteiger partial charge < -0.3 is 19.1 Å². The molecule has 1 atom stereocenters. The number of aryl methyl sites for hydroxylation is 1. The Bertz CT molecular complexity index is 1350. The van der Waals surface area contributed by atoms with Gasteiger partial charge in [0.2, 0.25) is 5.88 Å². The van der Waals surface area contributed by atoms with Gasteiger partial charge in [-0.2, -0.15) is 5.10 Å². The monoisotopic (exact) mass is 511 g/mol. The Balaban J connectivity index is 1.59. The van der Waals surface area contributed by atoms with Gasteiger partial charge in [0.25, 0.3) is 5.91 Å². The summed E-state index contributed by atoms with van der Waals surface area (Å²) in [5, 5.41) is 4.95. The van der Waals surface area contributed by atoms with Gasteiger partial charge in [-0.15, -0.1) is 0 Å². The summed E-state index contributed by atoms with van der Waals surface area (Å²) < 4.78 is 19.9. The van der Waals surface area contributed by atoms with Crippen molar-refractivity contribution in [1.82, 2.24) is 14.7 Å². The van der Waals surface area contributed by atoms with Gasteiger partial charge in [-0.1, -0.05) is 55.5 Å². The van der Waals surface area contributed by atoms with E-state index in [9.17, 15) is 4.79 Å². The molecule has 0 spiro atoms. The fourth-order valence-corrected chi connectivity index (χ4v) is 4.78. The highest BCUT2D eigenvalue weighted by Gasteiger charge is 2.28. The Hall–Kier alpha value is -4.10. The number of hydrogen-bond donors (Lipinski definition) is 0. The van der Waals surface area contributed by atoms with E-state index < -0.39 is 0 Å². The molecule has 1 aliphatic rings. The lowest BCUT2D eigenvalue weighted by Crippen LogP contribution is -2.37. The number of nitrogens with zero attached hydrogens (tertiary/aromatic N) is 3. The summed E-state index contributed by atoms with van der Waals surface area (Å²) in [6, 6.07) is 26.8. The number of carbonyl (C=O) groups excluding carboxylic acids is 1. The van der Waals surface area contributed by atoms with E-state index in [1.54, 1.807) is 7.11 Å². The van der Waals surface area contributed by atoms with Crippen LogP contribution in [0.25, 0.3) is 5.69 Å². The molecule has 0 unspecified atom stereocenters. The Morgan fingerprint density at radius 2 is 1.68 bits per heavy atom. The Labute approximate surface area is 223 Å². The zero-order chi connectivity index (χ0) is 26.3. The van der Waals surface area contributed by atoms with Crippen LogP contribution in [0.3, 0.4) is 0 Å². The van der Waals surface area contributed by atoms with Gasteiger partial charge in [-0.3, -0.25) is 4.79 Å². The van der Waals surface area contributed by atoms with E-state index >= 15 is 0 Å². The fraction of sp³-hybridized carbons (Fsp3) is 0.290. The van der Waals surface area contributed by atoms with Crippen LogP contribution in [0.2, 0.25) is 0 Å². The first-order chi connectivity index (χ1) is 18.7. The number of amides is 1. The van der Waals surface area contributed by atoms with Crippen LogP contribution in [-0.4, -0.2) is 47.0 Å². The number of para-hydroxylation sites is 3. The summed E-state index contributed by atoms with van der Waals surface area (Å²) in [4.78, 5) is 15.6. The molecule has 5 rings (SSSR count). The Kier molecular flexibility index (Phi) is 8.04. The van der Waals surface area contributed by atoms with Crippen molar-refractivity contribution < 1.29 is 19.0 Å².